The molecule has 7 heteroatoms. The van der Waals surface area contributed by atoms with Crippen molar-refractivity contribution >= 4 is 29.1 Å². The molecule has 0 aliphatic carbocycles. The van der Waals surface area contributed by atoms with Gasteiger partial charge in [0.15, 0.2) is 11.5 Å². The molecule has 0 saturated heterocycles. The lowest BCUT2D eigenvalue weighted by Gasteiger charge is -2.29. The molecule has 0 radical (unpaired) electrons. The van der Waals surface area contributed by atoms with Crippen LogP contribution in [-0.2, 0) is 11.2 Å². The third-order valence-corrected chi connectivity index (χ3v) is 5.02. The number of carbonyl (C=O) groups is 2. The smallest absolute Gasteiger partial charge is 0.273 e. The maximum Gasteiger partial charge on any atom is 0.273 e. The van der Waals surface area contributed by atoms with Gasteiger partial charge in [-0.05, 0) is 36.6 Å². The van der Waals surface area contributed by atoms with Crippen LogP contribution in [0.15, 0.2) is 59.1 Å². The van der Waals surface area contributed by atoms with E-state index >= 15 is 0 Å². The summed E-state index contributed by atoms with van der Waals surface area (Å²) in [4.78, 5) is 26.7. The number of nitrogens with zero attached hydrogens (tertiary/aromatic N) is 2. The monoisotopic (exact) mass is 395 g/mol. The van der Waals surface area contributed by atoms with Crippen molar-refractivity contribution < 1.29 is 14.1 Å². The van der Waals surface area contributed by atoms with Gasteiger partial charge in [0.05, 0.1) is 11.6 Å². The van der Waals surface area contributed by atoms with Crippen molar-refractivity contribution in [2.45, 2.75) is 12.8 Å². The predicted octanol–water partition coefficient (Wildman–Crippen LogP) is 3.70. The fourth-order valence-electron chi connectivity index (χ4n) is 3.30. The summed E-state index contributed by atoms with van der Waals surface area (Å²) in [6.07, 6.45) is 1.86. The Bertz CT molecular complexity index is 1030. The number of carbonyl (C=O) groups excluding carboxylic acids is 2. The van der Waals surface area contributed by atoms with Crippen LogP contribution < -0.4 is 10.2 Å². The summed E-state index contributed by atoms with van der Waals surface area (Å²) in [6.45, 7) is 0.536. The van der Waals surface area contributed by atoms with Crippen molar-refractivity contribution in [3.8, 4) is 11.3 Å². The third-order valence-electron chi connectivity index (χ3n) is 4.69. The Morgan fingerprint density at radius 3 is 2.79 bits per heavy atom. The van der Waals surface area contributed by atoms with Gasteiger partial charge in [-0.1, -0.05) is 47.1 Å². The number of aromatic nitrogens is 1. The Morgan fingerprint density at radius 2 is 1.93 bits per heavy atom. The van der Waals surface area contributed by atoms with E-state index in [0.29, 0.717) is 22.9 Å². The maximum atomic E-state index is 12.6. The molecule has 2 amide bonds. The van der Waals surface area contributed by atoms with Crippen LogP contribution in [0.1, 0.15) is 22.5 Å². The molecule has 6 nitrogen and oxygen atoms in total. The second kappa shape index (κ2) is 7.86. The fourth-order valence-corrected chi connectivity index (χ4v) is 3.53. The zero-order chi connectivity index (χ0) is 19.5. The van der Waals surface area contributed by atoms with E-state index in [1.165, 1.54) is 6.07 Å². The molecule has 1 aromatic heterocycles. The molecule has 0 bridgehead atoms. The van der Waals surface area contributed by atoms with Gasteiger partial charge in [-0.25, -0.2) is 0 Å². The summed E-state index contributed by atoms with van der Waals surface area (Å²) in [5, 5.41) is 6.91. The van der Waals surface area contributed by atoms with Gasteiger partial charge in [0.1, 0.15) is 0 Å². The van der Waals surface area contributed by atoms with Crippen LogP contribution in [0.3, 0.4) is 0 Å². The van der Waals surface area contributed by atoms with Gasteiger partial charge in [-0.15, -0.1) is 0 Å². The number of hydrogen-bond donors (Lipinski definition) is 1. The van der Waals surface area contributed by atoms with Crippen molar-refractivity contribution in [1.82, 2.24) is 10.5 Å². The Kier molecular flexibility index (Phi) is 5.12. The lowest BCUT2D eigenvalue weighted by atomic mass is 10.0. The molecule has 3 aromatic rings. The summed E-state index contributed by atoms with van der Waals surface area (Å²) >= 11 is 6.14. The summed E-state index contributed by atoms with van der Waals surface area (Å²) in [5.41, 5.74) is 2.81. The van der Waals surface area contributed by atoms with Gasteiger partial charge >= 0.3 is 0 Å². The molecule has 0 spiro atoms. The molecule has 28 heavy (non-hydrogen) atoms. The predicted molar refractivity (Wildman–Crippen MR) is 106 cm³/mol. The van der Waals surface area contributed by atoms with E-state index < -0.39 is 5.91 Å². The molecule has 1 aliphatic rings. The van der Waals surface area contributed by atoms with E-state index in [1.807, 2.05) is 30.3 Å². The standard InChI is InChI=1S/C21H18ClN3O3/c22-16-9-3-2-8-15(16)19-12-17(24-28-19)21(27)23-13-20(26)25-11-5-7-14-6-1-4-10-18(14)25/h1-4,6,8-10,12H,5,7,11,13H2,(H,23,27). The molecule has 1 aliphatic heterocycles. The van der Waals surface area contributed by atoms with E-state index in [9.17, 15) is 9.59 Å². The largest absolute Gasteiger partial charge is 0.355 e. The van der Waals surface area contributed by atoms with Crippen LogP contribution in [0.2, 0.25) is 5.02 Å². The molecular formula is C21H18ClN3O3. The van der Waals surface area contributed by atoms with E-state index in [0.717, 1.165) is 24.1 Å². The number of aryl methyl sites for hydroxylation is 1. The molecule has 142 valence electrons. The van der Waals surface area contributed by atoms with Crippen LogP contribution in [0.25, 0.3) is 11.3 Å². The van der Waals surface area contributed by atoms with Crippen LogP contribution in [0, 0.1) is 0 Å². The van der Waals surface area contributed by atoms with E-state index in [-0.39, 0.29) is 18.1 Å². The first-order valence-electron chi connectivity index (χ1n) is 9.01. The number of nitrogens with one attached hydrogen (secondary N) is 1. The van der Waals surface area contributed by atoms with Gasteiger partial charge in [-0.2, -0.15) is 0 Å². The molecule has 0 fully saturated rings. The lowest BCUT2D eigenvalue weighted by molar-refractivity contribution is -0.117. The highest BCUT2D eigenvalue weighted by atomic mass is 35.5. The number of amides is 2. The fraction of sp³-hybridized carbons (Fsp3) is 0.190. The van der Waals surface area contributed by atoms with E-state index in [4.69, 9.17) is 16.1 Å². The second-order valence-corrected chi connectivity index (χ2v) is 6.92. The van der Waals surface area contributed by atoms with Gasteiger partial charge < -0.3 is 14.7 Å². The van der Waals surface area contributed by atoms with Crippen molar-refractivity contribution in [2.75, 3.05) is 18.0 Å². The van der Waals surface area contributed by atoms with Gasteiger partial charge in [0.25, 0.3) is 5.91 Å². The number of halogens is 1. The molecule has 4 rings (SSSR count). The number of fused-ring (bicyclic) bond motifs is 1. The highest BCUT2D eigenvalue weighted by Crippen LogP contribution is 2.28. The summed E-state index contributed by atoms with van der Waals surface area (Å²) in [6, 6.07) is 16.5. The minimum absolute atomic E-state index is 0.0989. The number of para-hydroxylation sites is 1. The lowest BCUT2D eigenvalue weighted by Crippen LogP contribution is -2.42. The minimum atomic E-state index is -0.472. The first-order valence-corrected chi connectivity index (χ1v) is 9.39. The van der Waals surface area contributed by atoms with E-state index in [1.54, 1.807) is 23.1 Å². The van der Waals surface area contributed by atoms with Crippen molar-refractivity contribution in [3.05, 3.63) is 70.9 Å². The summed E-state index contributed by atoms with van der Waals surface area (Å²) in [5.74, 6) is -0.233. The first-order chi connectivity index (χ1) is 13.6. The molecular weight excluding hydrogens is 378 g/mol. The Labute approximate surface area is 167 Å². The molecule has 0 unspecified atom stereocenters. The zero-order valence-corrected chi connectivity index (χ0v) is 15.8. The van der Waals surface area contributed by atoms with Crippen LogP contribution >= 0.6 is 11.6 Å². The second-order valence-electron chi connectivity index (χ2n) is 6.52. The number of rotatable bonds is 4. The summed E-state index contributed by atoms with van der Waals surface area (Å²) < 4.78 is 5.23. The summed E-state index contributed by atoms with van der Waals surface area (Å²) in [7, 11) is 0. The normalized spacial score (nSPS) is 13.1. The average Bonchev–Trinajstić information content (AvgIpc) is 3.22. The topological polar surface area (TPSA) is 75.4 Å². The highest BCUT2D eigenvalue weighted by Gasteiger charge is 2.23. The van der Waals surface area contributed by atoms with Crippen LogP contribution in [-0.4, -0.2) is 30.1 Å². The zero-order valence-electron chi connectivity index (χ0n) is 15.0. The third kappa shape index (κ3) is 3.64. The Hall–Kier alpha value is -3.12. The van der Waals surface area contributed by atoms with Crippen LogP contribution in [0.5, 0.6) is 0 Å². The molecule has 1 N–H and O–H groups in total. The van der Waals surface area contributed by atoms with Gasteiger partial charge in [0, 0.05) is 23.9 Å². The SMILES string of the molecule is O=C(NCC(=O)N1CCCc2ccccc21)c1cc(-c2ccccc2Cl)on1. The first kappa shape index (κ1) is 18.3. The quantitative estimate of drug-likeness (QED) is 0.730. The molecule has 2 heterocycles. The maximum absolute atomic E-state index is 12.6. The highest BCUT2D eigenvalue weighted by molar-refractivity contribution is 6.33. The van der Waals surface area contributed by atoms with Crippen LogP contribution in [0.4, 0.5) is 5.69 Å². The number of hydrogen-bond acceptors (Lipinski definition) is 4. The van der Waals surface area contributed by atoms with E-state index in [2.05, 4.69) is 10.5 Å². The minimum Gasteiger partial charge on any atom is -0.355 e. The molecule has 2 aromatic carbocycles. The number of benzene rings is 2. The van der Waals surface area contributed by atoms with Gasteiger partial charge in [-0.3, -0.25) is 9.59 Å². The number of anilines is 1. The van der Waals surface area contributed by atoms with Crippen molar-refractivity contribution in [1.29, 1.82) is 0 Å². The van der Waals surface area contributed by atoms with Gasteiger partial charge in [0.2, 0.25) is 5.91 Å². The average molecular weight is 396 g/mol. The molecule has 0 atom stereocenters. The Balaban J connectivity index is 1.42. The van der Waals surface area contributed by atoms with Crippen molar-refractivity contribution in [3.63, 3.8) is 0 Å². The Morgan fingerprint density at radius 1 is 1.14 bits per heavy atom. The van der Waals surface area contributed by atoms with Crippen molar-refractivity contribution in [2.24, 2.45) is 0 Å². The molecule has 0 saturated carbocycles.